The predicted octanol–water partition coefficient (Wildman–Crippen LogP) is 5.72. The molecule has 108 valence electrons. The molecule has 2 rings (SSSR count). The van der Waals surface area contributed by atoms with E-state index in [4.69, 9.17) is 11.6 Å². The molecule has 0 bridgehead atoms. The van der Waals surface area contributed by atoms with E-state index in [2.05, 4.69) is 27.3 Å². The Bertz CT molecular complexity index is 686. The molecule has 1 unspecified atom stereocenters. The third-order valence-corrected chi connectivity index (χ3v) is 4.07. The Labute approximate surface area is 134 Å². The van der Waals surface area contributed by atoms with Crippen molar-refractivity contribution in [2.45, 2.75) is 12.5 Å². The van der Waals surface area contributed by atoms with Gasteiger partial charge in [0.25, 0.3) is 6.43 Å². The molecule has 1 N–H and O–H groups in total. The third kappa shape index (κ3) is 3.93. The van der Waals surface area contributed by atoms with Crippen LogP contribution >= 0.6 is 27.5 Å². The number of nitriles is 1. The van der Waals surface area contributed by atoms with Gasteiger partial charge in [0.2, 0.25) is 0 Å². The van der Waals surface area contributed by atoms with Crippen LogP contribution in [0.25, 0.3) is 0 Å². The number of hydrogen-bond acceptors (Lipinski definition) is 2. The van der Waals surface area contributed by atoms with Crippen molar-refractivity contribution < 1.29 is 8.78 Å². The summed E-state index contributed by atoms with van der Waals surface area (Å²) >= 11 is 9.19. The van der Waals surface area contributed by atoms with Gasteiger partial charge in [-0.25, -0.2) is 8.78 Å². The summed E-state index contributed by atoms with van der Waals surface area (Å²) in [6.07, 6.45) is -2.56. The Morgan fingerprint density at radius 1 is 1.14 bits per heavy atom. The summed E-state index contributed by atoms with van der Waals surface area (Å²) < 4.78 is 26.1. The summed E-state index contributed by atoms with van der Waals surface area (Å²) in [5.74, 6) is 0. The van der Waals surface area contributed by atoms with Gasteiger partial charge < -0.3 is 5.32 Å². The number of anilines is 1. The van der Waals surface area contributed by atoms with Crippen molar-refractivity contribution in [3.63, 3.8) is 0 Å². The van der Waals surface area contributed by atoms with Gasteiger partial charge in [-0.2, -0.15) is 5.26 Å². The second-order valence-corrected chi connectivity index (χ2v) is 5.57. The van der Waals surface area contributed by atoms with Crippen LogP contribution < -0.4 is 5.32 Å². The molecule has 0 aliphatic rings. The lowest BCUT2D eigenvalue weighted by Crippen LogP contribution is -2.09. The number of hydrogen-bond donors (Lipinski definition) is 1. The molecule has 0 amide bonds. The number of alkyl halides is 2. The van der Waals surface area contributed by atoms with Gasteiger partial charge >= 0.3 is 0 Å². The zero-order valence-corrected chi connectivity index (χ0v) is 13.0. The van der Waals surface area contributed by atoms with Crippen molar-refractivity contribution >= 4 is 33.2 Å². The molecule has 0 aliphatic carbocycles. The summed E-state index contributed by atoms with van der Waals surface area (Å²) in [4.78, 5) is 0. The smallest absolute Gasteiger partial charge is 0.263 e. The number of rotatable bonds is 4. The molecule has 0 spiro atoms. The second-order valence-electron chi connectivity index (χ2n) is 4.31. The van der Waals surface area contributed by atoms with Gasteiger partial charge in [0.1, 0.15) is 6.04 Å². The summed E-state index contributed by atoms with van der Waals surface area (Å²) in [6, 6.07) is 12.3. The van der Waals surface area contributed by atoms with E-state index < -0.39 is 12.5 Å². The van der Waals surface area contributed by atoms with Crippen molar-refractivity contribution in [1.82, 2.24) is 0 Å². The molecule has 1 atom stereocenters. The molecule has 0 fully saturated rings. The highest BCUT2D eigenvalue weighted by molar-refractivity contribution is 9.10. The Balaban J connectivity index is 2.26. The Hall–Kier alpha value is -1.64. The topological polar surface area (TPSA) is 35.8 Å². The van der Waals surface area contributed by atoms with E-state index in [1.807, 2.05) is 0 Å². The van der Waals surface area contributed by atoms with E-state index in [0.717, 1.165) is 0 Å². The molecule has 0 saturated heterocycles. The average molecular weight is 372 g/mol. The van der Waals surface area contributed by atoms with E-state index in [9.17, 15) is 14.0 Å². The van der Waals surface area contributed by atoms with Gasteiger partial charge in [-0.3, -0.25) is 0 Å². The zero-order valence-electron chi connectivity index (χ0n) is 10.7. The van der Waals surface area contributed by atoms with Crippen LogP contribution in [-0.4, -0.2) is 0 Å². The van der Waals surface area contributed by atoms with Crippen LogP contribution in [0.1, 0.15) is 23.6 Å². The first kappa shape index (κ1) is 15.7. The van der Waals surface area contributed by atoms with E-state index >= 15 is 0 Å². The molecular formula is C15H10BrClF2N2. The summed E-state index contributed by atoms with van der Waals surface area (Å²) in [7, 11) is 0. The first-order chi connectivity index (χ1) is 10.0. The van der Waals surface area contributed by atoms with Gasteiger partial charge in [-0.05, 0) is 45.8 Å². The SMILES string of the molecule is N#CC(Nc1ccc(Cl)c(Br)c1)c1cccc(C(F)F)c1. The monoisotopic (exact) mass is 370 g/mol. The standard InChI is InChI=1S/C15H10BrClF2N2/c16-12-7-11(4-5-13(12)17)21-14(8-20)9-2-1-3-10(6-9)15(18)19/h1-7,14-15,21H. The molecule has 21 heavy (non-hydrogen) atoms. The zero-order chi connectivity index (χ0) is 15.4. The maximum absolute atomic E-state index is 12.7. The molecule has 0 radical (unpaired) electrons. The fraction of sp³-hybridized carbons (Fsp3) is 0.133. The molecule has 0 heterocycles. The minimum absolute atomic E-state index is 0.105. The molecule has 2 nitrogen and oxygen atoms in total. The molecular weight excluding hydrogens is 362 g/mol. The number of benzene rings is 2. The third-order valence-electron chi connectivity index (χ3n) is 2.86. The van der Waals surface area contributed by atoms with Gasteiger partial charge in [-0.15, -0.1) is 0 Å². The van der Waals surface area contributed by atoms with E-state index in [0.29, 0.717) is 20.7 Å². The first-order valence-electron chi connectivity index (χ1n) is 6.00. The normalized spacial score (nSPS) is 12.0. The maximum Gasteiger partial charge on any atom is 0.263 e. The van der Waals surface area contributed by atoms with E-state index in [1.165, 1.54) is 18.2 Å². The van der Waals surface area contributed by atoms with Crippen molar-refractivity contribution in [2.75, 3.05) is 5.32 Å². The fourth-order valence-corrected chi connectivity index (χ4v) is 2.31. The predicted molar refractivity (Wildman–Crippen MR) is 82.5 cm³/mol. The molecule has 0 aromatic heterocycles. The van der Waals surface area contributed by atoms with Gasteiger partial charge in [-0.1, -0.05) is 29.8 Å². The number of nitrogens with zero attached hydrogens (tertiary/aromatic N) is 1. The molecule has 2 aromatic rings. The molecule has 6 heteroatoms. The van der Waals surface area contributed by atoms with Crippen LogP contribution in [-0.2, 0) is 0 Å². The van der Waals surface area contributed by atoms with E-state index in [-0.39, 0.29) is 5.56 Å². The van der Waals surface area contributed by atoms with Crippen LogP contribution in [0.5, 0.6) is 0 Å². The van der Waals surface area contributed by atoms with Crippen molar-refractivity contribution in [3.05, 3.63) is 63.1 Å². The van der Waals surface area contributed by atoms with Crippen molar-refractivity contribution in [1.29, 1.82) is 5.26 Å². The highest BCUT2D eigenvalue weighted by atomic mass is 79.9. The van der Waals surface area contributed by atoms with Gasteiger partial charge in [0.15, 0.2) is 0 Å². The highest BCUT2D eigenvalue weighted by Crippen LogP contribution is 2.29. The molecule has 0 aliphatic heterocycles. The Morgan fingerprint density at radius 2 is 1.86 bits per heavy atom. The largest absolute Gasteiger partial charge is 0.366 e. The van der Waals surface area contributed by atoms with Crippen molar-refractivity contribution in [2.24, 2.45) is 0 Å². The molecule has 0 saturated carbocycles. The fourth-order valence-electron chi connectivity index (χ4n) is 1.82. The lowest BCUT2D eigenvalue weighted by Gasteiger charge is -2.15. The van der Waals surface area contributed by atoms with Crippen molar-refractivity contribution in [3.8, 4) is 6.07 Å². The summed E-state index contributed by atoms with van der Waals surface area (Å²) in [5, 5.41) is 12.8. The second kappa shape index (κ2) is 6.88. The van der Waals surface area contributed by atoms with Gasteiger partial charge in [0, 0.05) is 15.7 Å². The summed E-state index contributed by atoms with van der Waals surface area (Å²) in [6.45, 7) is 0. The number of halogens is 4. The average Bonchev–Trinajstić information content (AvgIpc) is 2.48. The first-order valence-corrected chi connectivity index (χ1v) is 7.17. The minimum atomic E-state index is -2.56. The highest BCUT2D eigenvalue weighted by Gasteiger charge is 2.14. The number of nitrogens with one attached hydrogen (secondary N) is 1. The Morgan fingerprint density at radius 3 is 2.48 bits per heavy atom. The van der Waals surface area contributed by atoms with Crippen LogP contribution in [0.2, 0.25) is 5.02 Å². The van der Waals surface area contributed by atoms with E-state index in [1.54, 1.807) is 24.3 Å². The molecule has 2 aromatic carbocycles. The minimum Gasteiger partial charge on any atom is -0.366 e. The lowest BCUT2D eigenvalue weighted by molar-refractivity contribution is 0.151. The Kier molecular flexibility index (Phi) is 5.16. The van der Waals surface area contributed by atoms with Gasteiger partial charge in [0.05, 0.1) is 11.1 Å². The maximum atomic E-state index is 12.7. The van der Waals surface area contributed by atoms with Crippen LogP contribution in [0, 0.1) is 11.3 Å². The lowest BCUT2D eigenvalue weighted by atomic mass is 10.0. The quantitative estimate of drug-likeness (QED) is 0.746. The van der Waals surface area contributed by atoms with Crippen LogP contribution in [0.4, 0.5) is 14.5 Å². The van der Waals surface area contributed by atoms with Crippen LogP contribution in [0.3, 0.4) is 0 Å². The van der Waals surface area contributed by atoms with Crippen LogP contribution in [0.15, 0.2) is 46.9 Å². The summed E-state index contributed by atoms with van der Waals surface area (Å²) in [5.41, 5.74) is 1.05.